The van der Waals surface area contributed by atoms with E-state index in [9.17, 15) is 19.7 Å². The number of ether oxygens (including phenoxy) is 4. The zero-order chi connectivity index (χ0) is 30.3. The summed E-state index contributed by atoms with van der Waals surface area (Å²) in [6.45, 7) is 8.85. The summed E-state index contributed by atoms with van der Waals surface area (Å²) in [6.07, 6.45) is 14.8. The van der Waals surface area contributed by atoms with Gasteiger partial charge in [0.15, 0.2) is 0 Å². The second-order valence-electron chi connectivity index (χ2n) is 12.3. The van der Waals surface area contributed by atoms with Gasteiger partial charge < -0.3 is 24.3 Å². The summed E-state index contributed by atoms with van der Waals surface area (Å²) in [5.74, 6) is 0.488. The first-order chi connectivity index (χ1) is 19.9. The lowest BCUT2D eigenvalue weighted by atomic mass is 9.83. The Labute approximate surface area is 247 Å². The van der Waals surface area contributed by atoms with Gasteiger partial charge in [-0.3, -0.25) is 14.9 Å². The summed E-state index contributed by atoms with van der Waals surface area (Å²) < 4.78 is 22.1. The number of carbonyl (C=O) groups excluding carboxylic acids is 2. The zero-order valence-corrected chi connectivity index (χ0v) is 24.9. The molecular formula is C32H42N2O8. The highest BCUT2D eigenvalue weighted by Gasteiger charge is 2.53. The van der Waals surface area contributed by atoms with Crippen molar-refractivity contribution in [2.75, 3.05) is 6.61 Å². The highest BCUT2D eigenvalue weighted by Crippen LogP contribution is 2.46. The molecule has 4 rings (SSSR count). The van der Waals surface area contributed by atoms with E-state index in [4.69, 9.17) is 18.9 Å². The smallest absolute Gasteiger partial charge is 0.427 e. The van der Waals surface area contributed by atoms with E-state index in [2.05, 4.69) is 44.3 Å². The molecule has 228 valence electrons. The second kappa shape index (κ2) is 13.6. The number of hydrogen-bond donors (Lipinski definition) is 1. The Kier molecular flexibility index (Phi) is 10.2. The minimum atomic E-state index is -0.966. The van der Waals surface area contributed by atoms with Crippen molar-refractivity contribution in [1.82, 2.24) is 5.32 Å². The van der Waals surface area contributed by atoms with Crippen LogP contribution in [0.3, 0.4) is 0 Å². The SMILES string of the molecule is CC(C=C[C@@H]1C[C@]2(CO2)CC(C)(C)O1)=CCC1CCC(NC(=O)C=CC(C)OC(=O)Oc2ccc([N+](=O)[O-])cc2)CC1. The first kappa shape index (κ1) is 31.4. The lowest BCUT2D eigenvalue weighted by molar-refractivity contribution is -0.384. The van der Waals surface area contributed by atoms with E-state index in [-0.39, 0.29) is 40.7 Å². The van der Waals surface area contributed by atoms with Crippen molar-refractivity contribution >= 4 is 17.7 Å². The summed E-state index contributed by atoms with van der Waals surface area (Å²) >= 11 is 0. The van der Waals surface area contributed by atoms with Crippen LogP contribution in [0, 0.1) is 16.0 Å². The fourth-order valence-corrected chi connectivity index (χ4v) is 5.78. The summed E-state index contributed by atoms with van der Waals surface area (Å²) in [6, 6.07) is 5.20. The molecule has 0 radical (unpaired) electrons. The third-order valence-electron chi connectivity index (χ3n) is 7.93. The molecule has 2 heterocycles. The summed E-state index contributed by atoms with van der Waals surface area (Å²) in [4.78, 5) is 34.5. The largest absolute Gasteiger partial charge is 0.514 e. The summed E-state index contributed by atoms with van der Waals surface area (Å²) in [5, 5.41) is 13.7. The van der Waals surface area contributed by atoms with Crippen LogP contribution in [0.25, 0.3) is 0 Å². The van der Waals surface area contributed by atoms with Crippen LogP contribution in [0.2, 0.25) is 0 Å². The van der Waals surface area contributed by atoms with E-state index in [1.54, 1.807) is 6.92 Å². The van der Waals surface area contributed by atoms with Gasteiger partial charge in [-0.05, 0) is 83.9 Å². The molecule has 10 heteroatoms. The number of rotatable bonds is 10. The van der Waals surface area contributed by atoms with Crippen molar-refractivity contribution in [3.63, 3.8) is 0 Å². The van der Waals surface area contributed by atoms with Gasteiger partial charge in [0.05, 0.1) is 28.8 Å². The normalized spacial score (nSPS) is 28.0. The lowest BCUT2D eigenvalue weighted by Gasteiger charge is -2.38. The Hall–Kier alpha value is -3.50. The number of nitrogens with one attached hydrogen (secondary N) is 1. The van der Waals surface area contributed by atoms with Gasteiger partial charge in [0.1, 0.15) is 11.9 Å². The molecule has 1 saturated carbocycles. The molecular weight excluding hydrogens is 540 g/mol. The predicted molar refractivity (Wildman–Crippen MR) is 157 cm³/mol. The van der Waals surface area contributed by atoms with Crippen LogP contribution in [0.4, 0.5) is 10.5 Å². The van der Waals surface area contributed by atoms with Crippen molar-refractivity contribution in [3.05, 3.63) is 70.3 Å². The average molecular weight is 583 g/mol. The van der Waals surface area contributed by atoms with Crippen LogP contribution in [0.1, 0.15) is 72.6 Å². The Bertz CT molecular complexity index is 1200. The molecule has 1 aliphatic carbocycles. The van der Waals surface area contributed by atoms with Gasteiger partial charge in [0.2, 0.25) is 5.91 Å². The van der Waals surface area contributed by atoms with Crippen LogP contribution < -0.4 is 10.1 Å². The van der Waals surface area contributed by atoms with E-state index in [0.717, 1.165) is 51.6 Å². The highest BCUT2D eigenvalue weighted by atomic mass is 16.7. The van der Waals surface area contributed by atoms with Crippen molar-refractivity contribution in [2.45, 2.75) is 102 Å². The fourth-order valence-electron chi connectivity index (χ4n) is 5.78. The van der Waals surface area contributed by atoms with Gasteiger partial charge in [-0.25, -0.2) is 4.79 Å². The van der Waals surface area contributed by atoms with E-state index < -0.39 is 17.2 Å². The second-order valence-corrected chi connectivity index (χ2v) is 12.3. The number of nitrogens with zero attached hydrogens (tertiary/aromatic N) is 1. The molecule has 1 amide bonds. The van der Waals surface area contributed by atoms with Crippen molar-refractivity contribution in [1.29, 1.82) is 0 Å². The molecule has 1 spiro atoms. The van der Waals surface area contributed by atoms with Crippen molar-refractivity contribution in [2.24, 2.45) is 5.92 Å². The Balaban J connectivity index is 1.12. The number of hydrogen-bond acceptors (Lipinski definition) is 8. The molecule has 3 aliphatic rings. The highest BCUT2D eigenvalue weighted by molar-refractivity contribution is 5.87. The lowest BCUT2D eigenvalue weighted by Crippen LogP contribution is -2.43. The van der Waals surface area contributed by atoms with E-state index in [1.807, 2.05) is 0 Å². The maximum atomic E-state index is 12.4. The van der Waals surface area contributed by atoms with Crippen LogP contribution >= 0.6 is 0 Å². The number of carbonyl (C=O) groups is 2. The fraction of sp³-hybridized carbons (Fsp3) is 0.562. The number of nitro groups is 1. The molecule has 1 aromatic carbocycles. The molecule has 10 nitrogen and oxygen atoms in total. The van der Waals surface area contributed by atoms with E-state index in [1.165, 1.54) is 42.0 Å². The molecule has 1 unspecified atom stereocenters. The van der Waals surface area contributed by atoms with Crippen LogP contribution in [0.5, 0.6) is 5.75 Å². The van der Waals surface area contributed by atoms with Gasteiger partial charge in [0, 0.05) is 37.1 Å². The molecule has 3 atom stereocenters. The van der Waals surface area contributed by atoms with Gasteiger partial charge in [-0.15, -0.1) is 0 Å². The number of nitro benzene ring substituents is 1. The Morgan fingerprint density at radius 1 is 1.17 bits per heavy atom. The molecule has 42 heavy (non-hydrogen) atoms. The molecule has 3 fully saturated rings. The van der Waals surface area contributed by atoms with E-state index in [0.29, 0.717) is 5.92 Å². The van der Waals surface area contributed by atoms with Crippen LogP contribution in [-0.4, -0.2) is 53.0 Å². The van der Waals surface area contributed by atoms with E-state index >= 15 is 0 Å². The molecule has 2 saturated heterocycles. The summed E-state index contributed by atoms with van der Waals surface area (Å²) in [5.41, 5.74) is 0.987. The standard InChI is InChI=1S/C32H42N2O8/c1-22(6-15-28-19-32(21-39-32)20-31(3,4)42-28)5-8-24-9-11-25(12-10-24)33-29(35)18-7-23(2)40-30(36)41-27-16-13-26(14-17-27)34(37)38/h5-7,13-18,23-25,28H,8-12,19-21H2,1-4H3,(H,33,35)/t23?,24?,25?,28-,32-/m1/s1. The Morgan fingerprint density at radius 2 is 1.86 bits per heavy atom. The molecule has 0 aromatic heterocycles. The maximum Gasteiger partial charge on any atom is 0.514 e. The minimum absolute atomic E-state index is 0.0248. The molecule has 0 bridgehead atoms. The quantitative estimate of drug-likeness (QED) is 0.0643. The number of epoxide rings is 1. The molecule has 1 N–H and O–H groups in total. The van der Waals surface area contributed by atoms with Gasteiger partial charge >= 0.3 is 6.16 Å². The van der Waals surface area contributed by atoms with Crippen LogP contribution in [-0.2, 0) is 19.0 Å². The first-order valence-electron chi connectivity index (χ1n) is 14.7. The minimum Gasteiger partial charge on any atom is -0.427 e. The number of benzene rings is 1. The monoisotopic (exact) mass is 582 g/mol. The predicted octanol–water partition coefficient (Wildman–Crippen LogP) is 6.35. The van der Waals surface area contributed by atoms with Gasteiger partial charge in [-0.1, -0.05) is 23.8 Å². The third-order valence-corrected chi connectivity index (χ3v) is 7.93. The van der Waals surface area contributed by atoms with Gasteiger partial charge in [0.25, 0.3) is 5.69 Å². The topological polar surface area (TPSA) is 130 Å². The van der Waals surface area contributed by atoms with Crippen molar-refractivity contribution < 1.29 is 33.5 Å². The Morgan fingerprint density at radius 3 is 2.50 bits per heavy atom. The number of allylic oxidation sites excluding steroid dienone is 3. The molecule has 1 aromatic rings. The van der Waals surface area contributed by atoms with Crippen molar-refractivity contribution in [3.8, 4) is 5.75 Å². The summed E-state index contributed by atoms with van der Waals surface area (Å²) in [7, 11) is 0. The van der Waals surface area contributed by atoms with Crippen LogP contribution in [0.15, 0.2) is 60.2 Å². The van der Waals surface area contributed by atoms with Gasteiger partial charge in [-0.2, -0.15) is 0 Å². The molecule has 2 aliphatic heterocycles. The average Bonchev–Trinajstić information content (AvgIpc) is 3.66. The third kappa shape index (κ3) is 9.80. The first-order valence-corrected chi connectivity index (χ1v) is 14.7. The zero-order valence-electron chi connectivity index (χ0n) is 24.9. The maximum absolute atomic E-state index is 12.4. The number of amides is 1. The number of non-ortho nitro benzene ring substituents is 1.